The van der Waals surface area contributed by atoms with Gasteiger partial charge in [0.25, 0.3) is 0 Å². The first kappa shape index (κ1) is 16.2. The average Bonchev–Trinajstić information content (AvgIpc) is 2.57. The molecule has 1 N–H and O–H groups in total. The van der Waals surface area contributed by atoms with E-state index in [0.717, 1.165) is 26.1 Å². The summed E-state index contributed by atoms with van der Waals surface area (Å²) < 4.78 is 28.8. The van der Waals surface area contributed by atoms with Crippen LogP contribution in [0.2, 0.25) is 0 Å². The lowest BCUT2D eigenvalue weighted by Crippen LogP contribution is -2.39. The molecule has 2 rings (SSSR count). The monoisotopic (exact) mass is 297 g/mol. The lowest BCUT2D eigenvalue weighted by molar-refractivity contribution is 0.336. The van der Waals surface area contributed by atoms with E-state index in [1.165, 1.54) is 12.1 Å². The number of rotatable bonds is 4. The second-order valence-corrected chi connectivity index (χ2v) is 5.85. The molecule has 1 heterocycles. The summed E-state index contributed by atoms with van der Waals surface area (Å²) in [7, 11) is 2.05. The second kappa shape index (κ2) is 7.18. The molecule has 1 aromatic rings. The van der Waals surface area contributed by atoms with Crippen LogP contribution in [-0.4, -0.2) is 44.2 Å². The molecule has 1 fully saturated rings. The molecule has 5 heteroatoms. The van der Waals surface area contributed by atoms with Gasteiger partial charge in [-0.2, -0.15) is 0 Å². The third-order valence-corrected chi connectivity index (χ3v) is 3.99. The van der Waals surface area contributed by atoms with Gasteiger partial charge in [-0.25, -0.2) is 8.78 Å². The largest absolute Gasteiger partial charge is 0.363 e. The first-order valence-corrected chi connectivity index (χ1v) is 7.66. The minimum absolute atomic E-state index is 0.0983. The van der Waals surface area contributed by atoms with Crippen LogP contribution in [0.1, 0.15) is 25.8 Å². The van der Waals surface area contributed by atoms with Crippen LogP contribution < -0.4 is 10.2 Å². The van der Waals surface area contributed by atoms with Crippen molar-refractivity contribution in [3.05, 3.63) is 29.3 Å². The van der Waals surface area contributed by atoms with Crippen molar-refractivity contribution in [3.63, 3.8) is 0 Å². The highest BCUT2D eigenvalue weighted by atomic mass is 19.1. The minimum Gasteiger partial charge on any atom is -0.363 e. The summed E-state index contributed by atoms with van der Waals surface area (Å²) in [5.41, 5.74) is 0.772. The highest BCUT2D eigenvalue weighted by Gasteiger charge is 2.25. The molecular formula is C16H25F2N3. The fraction of sp³-hybridized carbons (Fsp3) is 0.625. The van der Waals surface area contributed by atoms with Crippen molar-refractivity contribution in [2.75, 3.05) is 38.1 Å². The van der Waals surface area contributed by atoms with E-state index >= 15 is 0 Å². The van der Waals surface area contributed by atoms with Crippen LogP contribution in [0.25, 0.3) is 0 Å². The molecule has 0 radical (unpaired) electrons. The molecule has 1 aliphatic rings. The molecule has 0 aromatic heterocycles. The van der Waals surface area contributed by atoms with Gasteiger partial charge in [-0.3, -0.25) is 0 Å². The predicted molar refractivity (Wildman–Crippen MR) is 82.7 cm³/mol. The van der Waals surface area contributed by atoms with E-state index in [2.05, 4.69) is 10.2 Å². The Hall–Kier alpha value is -1.20. The molecule has 1 unspecified atom stereocenters. The van der Waals surface area contributed by atoms with Gasteiger partial charge in [0.05, 0.1) is 0 Å². The van der Waals surface area contributed by atoms with E-state index in [4.69, 9.17) is 0 Å². The minimum atomic E-state index is -0.459. The lowest BCUT2D eigenvalue weighted by atomic mass is 10.1. The molecule has 21 heavy (non-hydrogen) atoms. The van der Waals surface area contributed by atoms with Crippen molar-refractivity contribution in [2.24, 2.45) is 0 Å². The standard InChI is InChI=1S/C16H25F2N3/c1-4-19-10-13-8-14(17)16(15(18)9-13)21-7-5-6-20(3)11-12(21)2/h8-9,12,19H,4-7,10-11H2,1-3H3. The zero-order valence-corrected chi connectivity index (χ0v) is 13.1. The van der Waals surface area contributed by atoms with Crippen LogP contribution in [0.3, 0.4) is 0 Å². The van der Waals surface area contributed by atoms with Crippen LogP contribution in [-0.2, 0) is 6.54 Å². The van der Waals surface area contributed by atoms with E-state index < -0.39 is 11.6 Å². The first-order chi connectivity index (χ1) is 10.0. The van der Waals surface area contributed by atoms with Gasteiger partial charge in [-0.05, 0) is 51.2 Å². The zero-order valence-electron chi connectivity index (χ0n) is 13.1. The van der Waals surface area contributed by atoms with Gasteiger partial charge >= 0.3 is 0 Å². The topological polar surface area (TPSA) is 18.5 Å². The summed E-state index contributed by atoms with van der Waals surface area (Å²) in [6, 6.07) is 2.99. The summed E-state index contributed by atoms with van der Waals surface area (Å²) in [5.74, 6) is -0.918. The molecule has 1 saturated heterocycles. The van der Waals surface area contributed by atoms with Gasteiger partial charge in [0.2, 0.25) is 0 Å². The van der Waals surface area contributed by atoms with Gasteiger partial charge in [-0.1, -0.05) is 6.92 Å². The molecule has 1 aliphatic heterocycles. The van der Waals surface area contributed by atoms with Gasteiger partial charge < -0.3 is 15.1 Å². The maximum atomic E-state index is 14.4. The Morgan fingerprint density at radius 3 is 2.52 bits per heavy atom. The maximum Gasteiger partial charge on any atom is 0.149 e. The van der Waals surface area contributed by atoms with Crippen LogP contribution in [0.4, 0.5) is 14.5 Å². The van der Waals surface area contributed by atoms with Crippen LogP contribution in [0, 0.1) is 11.6 Å². The third-order valence-electron chi connectivity index (χ3n) is 3.99. The molecule has 3 nitrogen and oxygen atoms in total. The molecule has 1 atom stereocenters. The van der Waals surface area contributed by atoms with Gasteiger partial charge in [-0.15, -0.1) is 0 Å². The van der Waals surface area contributed by atoms with Crippen molar-refractivity contribution in [2.45, 2.75) is 32.9 Å². The SMILES string of the molecule is CCNCc1cc(F)c(N2CCCN(C)CC2C)c(F)c1. The van der Waals surface area contributed by atoms with Gasteiger partial charge in [0.1, 0.15) is 17.3 Å². The van der Waals surface area contributed by atoms with E-state index in [9.17, 15) is 8.78 Å². The number of nitrogens with zero attached hydrogens (tertiary/aromatic N) is 2. The summed E-state index contributed by atoms with van der Waals surface area (Å²) in [6.07, 6.45) is 0.916. The summed E-state index contributed by atoms with van der Waals surface area (Å²) in [5, 5.41) is 3.09. The molecule has 0 saturated carbocycles. The highest BCUT2D eigenvalue weighted by Crippen LogP contribution is 2.28. The molecule has 0 bridgehead atoms. The number of nitrogens with one attached hydrogen (secondary N) is 1. The summed E-state index contributed by atoms with van der Waals surface area (Å²) >= 11 is 0. The molecule has 118 valence electrons. The Morgan fingerprint density at radius 2 is 1.90 bits per heavy atom. The fourth-order valence-corrected chi connectivity index (χ4v) is 2.97. The van der Waals surface area contributed by atoms with Crippen LogP contribution in [0.15, 0.2) is 12.1 Å². The second-order valence-electron chi connectivity index (χ2n) is 5.85. The third kappa shape index (κ3) is 3.92. The zero-order chi connectivity index (χ0) is 15.4. The van der Waals surface area contributed by atoms with Crippen molar-refractivity contribution in [3.8, 4) is 0 Å². The molecular weight excluding hydrogens is 272 g/mol. The van der Waals surface area contributed by atoms with Crippen LogP contribution >= 0.6 is 0 Å². The maximum absolute atomic E-state index is 14.4. The van der Waals surface area contributed by atoms with E-state index in [0.29, 0.717) is 18.7 Å². The van der Waals surface area contributed by atoms with E-state index in [1.54, 1.807) is 0 Å². The van der Waals surface area contributed by atoms with Gasteiger partial charge in [0, 0.05) is 25.7 Å². The summed E-state index contributed by atoms with van der Waals surface area (Å²) in [4.78, 5) is 4.07. The van der Waals surface area contributed by atoms with Gasteiger partial charge in [0.15, 0.2) is 0 Å². The predicted octanol–water partition coefficient (Wildman–Crippen LogP) is 2.60. The number of halogens is 2. The quantitative estimate of drug-likeness (QED) is 0.921. The van der Waals surface area contributed by atoms with Crippen molar-refractivity contribution >= 4 is 5.69 Å². The number of hydrogen-bond acceptors (Lipinski definition) is 3. The smallest absolute Gasteiger partial charge is 0.149 e. The Morgan fingerprint density at radius 1 is 1.24 bits per heavy atom. The van der Waals surface area contributed by atoms with Crippen molar-refractivity contribution in [1.29, 1.82) is 0 Å². The van der Waals surface area contributed by atoms with Crippen molar-refractivity contribution < 1.29 is 8.78 Å². The number of likely N-dealkylation sites (N-methyl/N-ethyl adjacent to an activating group) is 1. The molecule has 0 amide bonds. The highest BCUT2D eigenvalue weighted by molar-refractivity contribution is 5.51. The van der Waals surface area contributed by atoms with Crippen LogP contribution in [0.5, 0.6) is 0 Å². The number of anilines is 1. The molecule has 1 aromatic carbocycles. The normalized spacial score (nSPS) is 20.6. The average molecular weight is 297 g/mol. The molecule has 0 spiro atoms. The molecule has 0 aliphatic carbocycles. The number of benzene rings is 1. The van der Waals surface area contributed by atoms with E-state index in [1.807, 2.05) is 25.8 Å². The summed E-state index contributed by atoms with van der Waals surface area (Å²) in [6.45, 7) is 7.72. The number of hydrogen-bond donors (Lipinski definition) is 1. The lowest BCUT2D eigenvalue weighted by Gasteiger charge is -2.31. The Balaban J connectivity index is 2.26. The Bertz CT molecular complexity index is 456. The Kier molecular flexibility index (Phi) is 5.53. The fourth-order valence-electron chi connectivity index (χ4n) is 2.97. The van der Waals surface area contributed by atoms with E-state index in [-0.39, 0.29) is 11.7 Å². The van der Waals surface area contributed by atoms with Crippen molar-refractivity contribution in [1.82, 2.24) is 10.2 Å². The Labute approximate surface area is 125 Å². The first-order valence-electron chi connectivity index (χ1n) is 7.66.